The number of aromatic hydroxyl groups is 1. The third-order valence-electron chi connectivity index (χ3n) is 5.42. The number of halogens is 5. The number of rotatable bonds is 5. The number of ketones is 1. The summed E-state index contributed by atoms with van der Waals surface area (Å²) in [6.07, 6.45) is -2.05. The maximum absolute atomic E-state index is 14.5. The van der Waals surface area contributed by atoms with Crippen LogP contribution in [0.4, 0.5) is 13.2 Å². The molecule has 0 saturated heterocycles. The van der Waals surface area contributed by atoms with E-state index in [-0.39, 0.29) is 34.1 Å². The molecule has 7 nitrogen and oxygen atoms in total. The molecule has 0 aliphatic carbocycles. The molecule has 0 unspecified atom stereocenters. The summed E-state index contributed by atoms with van der Waals surface area (Å²) in [5, 5.41) is 14.0. The van der Waals surface area contributed by atoms with Crippen LogP contribution in [0.5, 0.6) is 5.75 Å². The standard InChI is InChI=1S/C24H13Cl2F3N4O3/c25-14-4-3-13(17(26)8-14)11-33-18-6-5-15(34)9-16(18)19(21(33)24(27,28)29)20(35)22-31-23(36-32-22)12-2-1-7-30-10-12/h1-10,34H,11H2. The van der Waals surface area contributed by atoms with Crippen molar-refractivity contribution in [1.82, 2.24) is 19.7 Å². The van der Waals surface area contributed by atoms with Crippen molar-refractivity contribution in [3.8, 4) is 17.2 Å². The third-order valence-corrected chi connectivity index (χ3v) is 6.01. The maximum Gasteiger partial charge on any atom is 0.432 e. The Bertz CT molecular complexity index is 1610. The van der Waals surface area contributed by atoms with Crippen LogP contribution >= 0.6 is 23.2 Å². The fourth-order valence-electron chi connectivity index (χ4n) is 3.89. The Balaban J connectivity index is 1.71. The number of pyridine rings is 1. The highest BCUT2D eigenvalue weighted by atomic mass is 35.5. The zero-order valence-corrected chi connectivity index (χ0v) is 19.4. The molecule has 0 bridgehead atoms. The van der Waals surface area contributed by atoms with E-state index in [9.17, 15) is 23.1 Å². The minimum absolute atomic E-state index is 0.0467. The van der Waals surface area contributed by atoms with Crippen molar-refractivity contribution in [3.63, 3.8) is 0 Å². The van der Waals surface area contributed by atoms with Gasteiger partial charge < -0.3 is 14.2 Å². The molecule has 36 heavy (non-hydrogen) atoms. The summed E-state index contributed by atoms with van der Waals surface area (Å²) in [6, 6.07) is 11.2. The van der Waals surface area contributed by atoms with Crippen LogP contribution in [-0.4, -0.2) is 30.6 Å². The van der Waals surface area contributed by atoms with Gasteiger partial charge in [-0.25, -0.2) is 0 Å². The summed E-state index contributed by atoms with van der Waals surface area (Å²) in [5.74, 6) is -2.11. The van der Waals surface area contributed by atoms with Gasteiger partial charge in [-0.3, -0.25) is 9.78 Å². The largest absolute Gasteiger partial charge is 0.508 e. The minimum atomic E-state index is -4.96. The second kappa shape index (κ2) is 8.96. The highest BCUT2D eigenvalue weighted by Crippen LogP contribution is 2.41. The van der Waals surface area contributed by atoms with Crippen molar-refractivity contribution in [2.45, 2.75) is 12.7 Å². The van der Waals surface area contributed by atoms with E-state index in [2.05, 4.69) is 15.1 Å². The van der Waals surface area contributed by atoms with Gasteiger partial charge in [0, 0.05) is 39.9 Å². The van der Waals surface area contributed by atoms with E-state index in [0.29, 0.717) is 16.1 Å². The van der Waals surface area contributed by atoms with Crippen LogP contribution in [0.3, 0.4) is 0 Å². The lowest BCUT2D eigenvalue weighted by Crippen LogP contribution is -2.19. The predicted molar refractivity (Wildman–Crippen MR) is 125 cm³/mol. The minimum Gasteiger partial charge on any atom is -0.508 e. The van der Waals surface area contributed by atoms with E-state index in [1.807, 2.05) is 0 Å². The monoisotopic (exact) mass is 532 g/mol. The SMILES string of the molecule is O=C(c1noc(-c2cccnc2)n1)c1c(C(F)(F)F)n(Cc2ccc(Cl)cc2Cl)c2ccc(O)cc12. The van der Waals surface area contributed by atoms with Gasteiger partial charge in [-0.2, -0.15) is 18.2 Å². The van der Waals surface area contributed by atoms with Crippen molar-refractivity contribution in [1.29, 1.82) is 0 Å². The summed E-state index contributed by atoms with van der Waals surface area (Å²) in [5.41, 5.74) is -1.19. The number of aromatic nitrogens is 4. The smallest absolute Gasteiger partial charge is 0.432 e. The van der Waals surface area contributed by atoms with Crippen LogP contribution in [0.25, 0.3) is 22.4 Å². The molecule has 0 spiro atoms. The molecule has 12 heteroatoms. The molecule has 1 N–H and O–H groups in total. The van der Waals surface area contributed by atoms with Crippen LogP contribution in [-0.2, 0) is 12.7 Å². The van der Waals surface area contributed by atoms with E-state index < -0.39 is 29.0 Å². The first kappa shape index (κ1) is 23.8. The highest BCUT2D eigenvalue weighted by Gasteiger charge is 2.42. The third kappa shape index (κ3) is 4.29. The average molecular weight is 533 g/mol. The summed E-state index contributed by atoms with van der Waals surface area (Å²) < 4.78 is 49.5. The topological polar surface area (TPSA) is 94.0 Å². The summed E-state index contributed by atoms with van der Waals surface area (Å²) >= 11 is 12.2. The Morgan fingerprint density at radius 2 is 1.92 bits per heavy atom. The van der Waals surface area contributed by atoms with Crippen molar-refractivity contribution in [3.05, 3.63) is 93.6 Å². The van der Waals surface area contributed by atoms with Gasteiger partial charge in [0.15, 0.2) is 0 Å². The molecule has 0 aliphatic heterocycles. The average Bonchev–Trinajstić information content (AvgIpc) is 3.44. The second-order valence-corrected chi connectivity index (χ2v) is 8.58. The molecule has 0 atom stereocenters. The number of phenols is 1. The molecule has 0 aliphatic rings. The summed E-state index contributed by atoms with van der Waals surface area (Å²) in [6.45, 7) is -0.327. The molecule has 5 aromatic rings. The van der Waals surface area contributed by atoms with E-state index in [1.54, 1.807) is 12.1 Å². The van der Waals surface area contributed by atoms with Gasteiger partial charge in [-0.1, -0.05) is 34.4 Å². The molecular formula is C24H13Cl2F3N4O3. The van der Waals surface area contributed by atoms with Crippen molar-refractivity contribution in [2.75, 3.05) is 0 Å². The first-order valence-corrected chi connectivity index (χ1v) is 11.0. The van der Waals surface area contributed by atoms with Gasteiger partial charge in [0.05, 0.1) is 11.1 Å². The molecule has 3 heterocycles. The van der Waals surface area contributed by atoms with Gasteiger partial charge in [0.2, 0.25) is 11.6 Å². The molecule has 0 amide bonds. The van der Waals surface area contributed by atoms with Crippen LogP contribution in [0.15, 0.2) is 65.4 Å². The number of benzene rings is 2. The normalized spacial score (nSPS) is 11.8. The molecule has 5 rings (SSSR count). The van der Waals surface area contributed by atoms with Crippen molar-refractivity contribution in [2.24, 2.45) is 0 Å². The van der Waals surface area contributed by atoms with Crippen molar-refractivity contribution < 1.29 is 27.6 Å². The molecule has 3 aromatic heterocycles. The lowest BCUT2D eigenvalue weighted by Gasteiger charge is -2.15. The van der Waals surface area contributed by atoms with Gasteiger partial charge in [0.1, 0.15) is 11.4 Å². The van der Waals surface area contributed by atoms with Gasteiger partial charge >= 0.3 is 6.18 Å². The molecule has 0 radical (unpaired) electrons. The molecule has 0 saturated carbocycles. The Morgan fingerprint density at radius 3 is 2.61 bits per heavy atom. The van der Waals surface area contributed by atoms with E-state index >= 15 is 0 Å². The number of alkyl halides is 3. The lowest BCUT2D eigenvalue weighted by molar-refractivity contribution is -0.143. The quantitative estimate of drug-likeness (QED) is 0.263. The lowest BCUT2D eigenvalue weighted by atomic mass is 10.1. The van der Waals surface area contributed by atoms with Gasteiger partial charge in [0.25, 0.3) is 5.89 Å². The van der Waals surface area contributed by atoms with Crippen LogP contribution in [0.1, 0.15) is 27.4 Å². The molecular weight excluding hydrogens is 520 g/mol. The zero-order valence-electron chi connectivity index (χ0n) is 17.9. The Labute approximate surface area is 210 Å². The Kier molecular flexibility index (Phi) is 5.93. The molecule has 0 fully saturated rings. The number of phenolic OH excluding ortho intramolecular Hbond substituents is 1. The molecule has 2 aromatic carbocycles. The molecule has 182 valence electrons. The van der Waals surface area contributed by atoms with Gasteiger partial charge in [-0.05, 0) is 48.0 Å². The highest BCUT2D eigenvalue weighted by molar-refractivity contribution is 6.35. The van der Waals surface area contributed by atoms with Gasteiger partial charge in [-0.15, -0.1) is 0 Å². The maximum atomic E-state index is 14.5. The zero-order chi connectivity index (χ0) is 25.6. The number of nitrogens with zero attached hydrogens (tertiary/aromatic N) is 4. The summed E-state index contributed by atoms with van der Waals surface area (Å²) in [4.78, 5) is 21.3. The number of fused-ring (bicyclic) bond motifs is 1. The Hall–Kier alpha value is -3.89. The predicted octanol–water partition coefficient (Wildman–Crippen LogP) is 6.40. The van der Waals surface area contributed by atoms with E-state index in [4.69, 9.17) is 27.7 Å². The number of carbonyl (C=O) groups excluding carboxylic acids is 1. The number of carbonyl (C=O) groups is 1. The van der Waals surface area contributed by atoms with E-state index in [1.165, 1.54) is 42.7 Å². The first-order chi connectivity index (χ1) is 17.1. The van der Waals surface area contributed by atoms with Crippen LogP contribution in [0, 0.1) is 0 Å². The van der Waals surface area contributed by atoms with Crippen LogP contribution < -0.4 is 0 Å². The van der Waals surface area contributed by atoms with E-state index in [0.717, 1.165) is 10.6 Å². The fraction of sp³-hybridized carbons (Fsp3) is 0.0833. The fourth-order valence-corrected chi connectivity index (χ4v) is 4.35. The first-order valence-electron chi connectivity index (χ1n) is 10.3. The van der Waals surface area contributed by atoms with Crippen LogP contribution in [0.2, 0.25) is 10.0 Å². The number of hydrogen-bond donors (Lipinski definition) is 1. The second-order valence-electron chi connectivity index (χ2n) is 7.74. The number of hydrogen-bond acceptors (Lipinski definition) is 6. The van der Waals surface area contributed by atoms with Crippen molar-refractivity contribution >= 4 is 39.9 Å². The Morgan fingerprint density at radius 1 is 1.11 bits per heavy atom. The summed E-state index contributed by atoms with van der Waals surface area (Å²) in [7, 11) is 0.